The Bertz CT molecular complexity index is 589. The number of aryl methyl sites for hydroxylation is 1. The van der Waals surface area contributed by atoms with Gasteiger partial charge in [0.1, 0.15) is 0 Å². The van der Waals surface area contributed by atoms with Gasteiger partial charge in [-0.15, -0.1) is 11.3 Å². The van der Waals surface area contributed by atoms with E-state index < -0.39 is 0 Å². The van der Waals surface area contributed by atoms with Crippen molar-refractivity contribution in [2.24, 2.45) is 0 Å². The maximum Gasteiger partial charge on any atom is 0.253 e. The molecule has 0 aliphatic heterocycles. The molecule has 5 nitrogen and oxygen atoms in total. The van der Waals surface area contributed by atoms with Gasteiger partial charge in [-0.1, -0.05) is 0 Å². The molecule has 0 aliphatic rings. The van der Waals surface area contributed by atoms with Crippen LogP contribution in [0.1, 0.15) is 28.7 Å². The zero-order valence-electron chi connectivity index (χ0n) is 12.2. The normalized spacial score (nSPS) is 12.4. The van der Waals surface area contributed by atoms with Crippen LogP contribution in [0.2, 0.25) is 0 Å². The van der Waals surface area contributed by atoms with Crippen molar-refractivity contribution in [2.75, 3.05) is 13.6 Å². The summed E-state index contributed by atoms with van der Waals surface area (Å²) in [5.41, 5.74) is 2.65. The van der Waals surface area contributed by atoms with E-state index in [2.05, 4.69) is 15.6 Å². The highest BCUT2D eigenvalue weighted by molar-refractivity contribution is 7.12. The lowest BCUT2D eigenvalue weighted by atomic mass is 10.2. The van der Waals surface area contributed by atoms with Crippen LogP contribution in [0.5, 0.6) is 0 Å². The van der Waals surface area contributed by atoms with Crippen LogP contribution < -0.4 is 10.6 Å². The minimum atomic E-state index is -0.0389. The average molecular weight is 292 g/mol. The van der Waals surface area contributed by atoms with Gasteiger partial charge < -0.3 is 10.6 Å². The number of hydrogen-bond donors (Lipinski definition) is 2. The van der Waals surface area contributed by atoms with Crippen LogP contribution in [-0.2, 0) is 0 Å². The molecular formula is C14H20N4OS. The molecule has 20 heavy (non-hydrogen) atoms. The summed E-state index contributed by atoms with van der Waals surface area (Å²) in [5, 5.41) is 8.87. The van der Waals surface area contributed by atoms with Crippen LogP contribution in [0.3, 0.4) is 0 Å². The van der Waals surface area contributed by atoms with Gasteiger partial charge in [-0.3, -0.25) is 9.36 Å². The minimum absolute atomic E-state index is 0.0389. The van der Waals surface area contributed by atoms with E-state index in [-0.39, 0.29) is 11.9 Å². The fourth-order valence-electron chi connectivity index (χ4n) is 2.06. The molecule has 2 aromatic rings. The molecule has 1 atom stereocenters. The van der Waals surface area contributed by atoms with Gasteiger partial charge in [0.05, 0.1) is 5.56 Å². The second kappa shape index (κ2) is 6.19. The van der Waals surface area contributed by atoms with E-state index in [1.165, 1.54) is 0 Å². The Morgan fingerprint density at radius 2 is 2.25 bits per heavy atom. The predicted molar refractivity (Wildman–Crippen MR) is 81.8 cm³/mol. The summed E-state index contributed by atoms with van der Waals surface area (Å²) in [7, 11) is 1.88. The van der Waals surface area contributed by atoms with Crippen molar-refractivity contribution in [3.8, 4) is 5.13 Å². The van der Waals surface area contributed by atoms with E-state index >= 15 is 0 Å². The summed E-state index contributed by atoms with van der Waals surface area (Å²) in [6.45, 7) is 6.57. The lowest BCUT2D eigenvalue weighted by molar-refractivity contribution is 0.0950. The SMILES string of the molecule is CNC(C)CNC(=O)c1cc(C)n(-c2nccs2)c1C. The predicted octanol–water partition coefficient (Wildman–Crippen LogP) is 1.89. The number of hydrogen-bond acceptors (Lipinski definition) is 4. The van der Waals surface area contributed by atoms with Crippen LogP contribution >= 0.6 is 11.3 Å². The van der Waals surface area contributed by atoms with Gasteiger partial charge in [-0.05, 0) is 33.9 Å². The summed E-state index contributed by atoms with van der Waals surface area (Å²) in [4.78, 5) is 16.6. The van der Waals surface area contributed by atoms with Gasteiger partial charge in [0.25, 0.3) is 5.91 Å². The second-order valence-electron chi connectivity index (χ2n) is 4.83. The molecule has 0 bridgehead atoms. The minimum Gasteiger partial charge on any atom is -0.350 e. The van der Waals surface area contributed by atoms with Crippen LogP contribution in [0, 0.1) is 13.8 Å². The van der Waals surface area contributed by atoms with Crippen molar-refractivity contribution < 1.29 is 4.79 Å². The fraction of sp³-hybridized carbons (Fsp3) is 0.429. The monoisotopic (exact) mass is 292 g/mol. The highest BCUT2D eigenvalue weighted by Crippen LogP contribution is 2.22. The first kappa shape index (κ1) is 14.7. The van der Waals surface area contributed by atoms with Gasteiger partial charge >= 0.3 is 0 Å². The molecule has 2 heterocycles. The number of aromatic nitrogens is 2. The fourth-order valence-corrected chi connectivity index (χ4v) is 2.81. The summed E-state index contributed by atoms with van der Waals surface area (Å²) in [5.74, 6) is -0.0389. The Labute approximate surface area is 123 Å². The van der Waals surface area contributed by atoms with Crippen molar-refractivity contribution in [2.45, 2.75) is 26.8 Å². The Kier molecular flexibility index (Phi) is 4.57. The third kappa shape index (κ3) is 2.91. The van der Waals surface area contributed by atoms with Crippen LogP contribution in [0.15, 0.2) is 17.6 Å². The van der Waals surface area contributed by atoms with E-state index in [0.717, 1.165) is 16.5 Å². The standard InChI is InChI=1S/C14H20N4OS/c1-9(15-4)8-17-13(19)12-7-10(2)18(11(12)3)14-16-5-6-20-14/h5-7,9,15H,8H2,1-4H3,(H,17,19). The first-order chi connectivity index (χ1) is 9.54. The molecule has 0 saturated carbocycles. The molecule has 6 heteroatoms. The van der Waals surface area contributed by atoms with Crippen molar-refractivity contribution in [3.63, 3.8) is 0 Å². The summed E-state index contributed by atoms with van der Waals surface area (Å²) >= 11 is 1.56. The number of nitrogens with one attached hydrogen (secondary N) is 2. The maximum absolute atomic E-state index is 12.3. The summed E-state index contributed by atoms with van der Waals surface area (Å²) in [6.07, 6.45) is 1.77. The van der Waals surface area contributed by atoms with Gasteiger partial charge in [0.15, 0.2) is 5.13 Å². The Morgan fingerprint density at radius 3 is 2.85 bits per heavy atom. The van der Waals surface area contributed by atoms with Crippen molar-refractivity contribution in [1.82, 2.24) is 20.2 Å². The lowest BCUT2D eigenvalue weighted by Crippen LogP contribution is -2.37. The smallest absolute Gasteiger partial charge is 0.253 e. The van der Waals surface area contributed by atoms with E-state index in [1.54, 1.807) is 17.5 Å². The Balaban J connectivity index is 2.22. The van der Waals surface area contributed by atoms with Crippen molar-refractivity contribution >= 4 is 17.2 Å². The number of carbonyl (C=O) groups is 1. The molecule has 108 valence electrons. The highest BCUT2D eigenvalue weighted by atomic mass is 32.1. The van der Waals surface area contributed by atoms with Crippen LogP contribution in [0.4, 0.5) is 0 Å². The first-order valence-corrected chi connectivity index (χ1v) is 7.46. The molecule has 1 amide bonds. The molecule has 2 rings (SSSR count). The molecule has 0 radical (unpaired) electrons. The summed E-state index contributed by atoms with van der Waals surface area (Å²) < 4.78 is 2.01. The zero-order valence-corrected chi connectivity index (χ0v) is 13.0. The number of rotatable bonds is 5. The number of carbonyl (C=O) groups excluding carboxylic acids is 1. The summed E-state index contributed by atoms with van der Waals surface area (Å²) in [6, 6.07) is 2.16. The molecule has 0 saturated heterocycles. The molecule has 0 spiro atoms. The van der Waals surface area contributed by atoms with E-state index in [9.17, 15) is 4.79 Å². The lowest BCUT2D eigenvalue weighted by Gasteiger charge is -2.11. The van der Waals surface area contributed by atoms with Gasteiger partial charge in [0, 0.05) is 35.6 Å². The topological polar surface area (TPSA) is 58.9 Å². The molecule has 2 N–H and O–H groups in total. The van der Waals surface area contributed by atoms with Gasteiger partial charge in [-0.2, -0.15) is 0 Å². The van der Waals surface area contributed by atoms with Gasteiger partial charge in [-0.25, -0.2) is 4.98 Å². The van der Waals surface area contributed by atoms with Crippen LogP contribution in [0.25, 0.3) is 5.13 Å². The quantitative estimate of drug-likeness (QED) is 0.885. The van der Waals surface area contributed by atoms with Crippen molar-refractivity contribution in [3.05, 3.63) is 34.6 Å². The van der Waals surface area contributed by atoms with Crippen molar-refractivity contribution in [1.29, 1.82) is 0 Å². The molecule has 0 aromatic carbocycles. The highest BCUT2D eigenvalue weighted by Gasteiger charge is 2.17. The first-order valence-electron chi connectivity index (χ1n) is 6.59. The van der Waals surface area contributed by atoms with E-state index in [4.69, 9.17) is 0 Å². The third-order valence-electron chi connectivity index (χ3n) is 3.35. The zero-order chi connectivity index (χ0) is 14.7. The number of likely N-dealkylation sites (N-methyl/N-ethyl adjacent to an activating group) is 1. The second-order valence-corrected chi connectivity index (χ2v) is 5.71. The average Bonchev–Trinajstić information content (AvgIpc) is 3.03. The molecule has 1 unspecified atom stereocenters. The molecule has 0 aliphatic carbocycles. The molecule has 2 aromatic heterocycles. The third-order valence-corrected chi connectivity index (χ3v) is 4.10. The van der Waals surface area contributed by atoms with Gasteiger partial charge in [0.2, 0.25) is 0 Å². The van der Waals surface area contributed by atoms with E-state index in [0.29, 0.717) is 12.1 Å². The maximum atomic E-state index is 12.3. The Morgan fingerprint density at radius 1 is 1.50 bits per heavy atom. The number of nitrogens with zero attached hydrogens (tertiary/aromatic N) is 2. The largest absolute Gasteiger partial charge is 0.350 e. The Hall–Kier alpha value is -1.66. The van der Waals surface area contributed by atoms with Crippen LogP contribution in [-0.4, -0.2) is 35.1 Å². The van der Waals surface area contributed by atoms with E-state index in [1.807, 2.05) is 43.8 Å². The number of thiazole rings is 1. The molecule has 0 fully saturated rings. The molecular weight excluding hydrogens is 272 g/mol. The number of amides is 1.